The van der Waals surface area contributed by atoms with E-state index < -0.39 is 6.10 Å². The first-order valence-corrected chi connectivity index (χ1v) is 7.26. The average Bonchev–Trinajstić information content (AvgIpc) is 2.43. The van der Waals surface area contributed by atoms with E-state index in [1.807, 2.05) is 30.3 Å². The Hall–Kier alpha value is -0.900. The van der Waals surface area contributed by atoms with E-state index in [9.17, 15) is 10.2 Å². The number of nitrogens with zero attached hydrogens (tertiary/aromatic N) is 1. The Kier molecular flexibility index (Phi) is 4.97. The summed E-state index contributed by atoms with van der Waals surface area (Å²) in [4.78, 5) is 2.37. The van der Waals surface area contributed by atoms with Gasteiger partial charge in [0.2, 0.25) is 0 Å². The Labute approximate surface area is 115 Å². The van der Waals surface area contributed by atoms with Crippen LogP contribution in [0.3, 0.4) is 0 Å². The summed E-state index contributed by atoms with van der Waals surface area (Å²) >= 11 is 0. The molecule has 2 rings (SSSR count). The van der Waals surface area contributed by atoms with Crippen molar-refractivity contribution in [1.82, 2.24) is 4.90 Å². The first-order chi connectivity index (χ1) is 9.15. The number of aliphatic hydroxyl groups excluding tert-OH is 2. The predicted molar refractivity (Wildman–Crippen MR) is 76.9 cm³/mol. The topological polar surface area (TPSA) is 43.7 Å². The molecule has 1 aromatic rings. The smallest absolute Gasteiger partial charge is 0.0967 e. The van der Waals surface area contributed by atoms with E-state index in [0.717, 1.165) is 18.4 Å². The third-order valence-electron chi connectivity index (χ3n) is 4.28. The highest BCUT2D eigenvalue weighted by Crippen LogP contribution is 2.34. The average molecular weight is 263 g/mol. The Bertz CT molecular complexity index is 372. The van der Waals surface area contributed by atoms with E-state index in [-0.39, 0.29) is 12.6 Å². The lowest BCUT2D eigenvalue weighted by Crippen LogP contribution is -2.50. The second kappa shape index (κ2) is 6.51. The van der Waals surface area contributed by atoms with Gasteiger partial charge in [-0.15, -0.1) is 0 Å². The van der Waals surface area contributed by atoms with Crippen molar-refractivity contribution < 1.29 is 10.2 Å². The summed E-state index contributed by atoms with van der Waals surface area (Å²) in [5.41, 5.74) is 1.09. The minimum Gasteiger partial charge on any atom is -0.394 e. The zero-order valence-corrected chi connectivity index (χ0v) is 11.9. The van der Waals surface area contributed by atoms with E-state index in [1.54, 1.807) is 0 Å². The summed E-state index contributed by atoms with van der Waals surface area (Å²) < 4.78 is 0. The van der Waals surface area contributed by atoms with Gasteiger partial charge in [0.25, 0.3) is 0 Å². The van der Waals surface area contributed by atoms with Crippen molar-refractivity contribution in [1.29, 1.82) is 0 Å². The van der Waals surface area contributed by atoms with Gasteiger partial charge in [-0.05, 0) is 32.3 Å². The van der Waals surface area contributed by atoms with Gasteiger partial charge >= 0.3 is 0 Å². The highest BCUT2D eigenvalue weighted by atomic mass is 16.3. The minimum absolute atomic E-state index is 0.114. The second-order valence-electron chi connectivity index (χ2n) is 5.68. The van der Waals surface area contributed by atoms with Gasteiger partial charge in [0.15, 0.2) is 0 Å². The van der Waals surface area contributed by atoms with Crippen molar-refractivity contribution in [3.63, 3.8) is 0 Å². The largest absolute Gasteiger partial charge is 0.394 e. The highest BCUT2D eigenvalue weighted by molar-refractivity contribution is 5.21. The van der Waals surface area contributed by atoms with Gasteiger partial charge in [-0.2, -0.15) is 0 Å². The first-order valence-electron chi connectivity index (χ1n) is 7.26. The van der Waals surface area contributed by atoms with Gasteiger partial charge in [-0.25, -0.2) is 0 Å². The molecule has 0 saturated carbocycles. The van der Waals surface area contributed by atoms with Crippen LogP contribution in [-0.2, 0) is 0 Å². The molecular weight excluding hydrogens is 238 g/mol. The van der Waals surface area contributed by atoms with E-state index in [1.165, 1.54) is 6.42 Å². The summed E-state index contributed by atoms with van der Waals surface area (Å²) in [7, 11) is 0. The van der Waals surface area contributed by atoms with Crippen molar-refractivity contribution >= 4 is 0 Å². The summed E-state index contributed by atoms with van der Waals surface area (Å²) in [6, 6.07) is 10.8. The zero-order valence-electron chi connectivity index (χ0n) is 11.9. The number of likely N-dealkylation sites (tertiary alicyclic amines) is 1. The van der Waals surface area contributed by atoms with Crippen LogP contribution in [0.1, 0.15) is 44.7 Å². The predicted octanol–water partition coefficient (Wildman–Crippen LogP) is 2.34. The summed E-state index contributed by atoms with van der Waals surface area (Å²) in [5.74, 6) is 0. The quantitative estimate of drug-likeness (QED) is 0.876. The van der Waals surface area contributed by atoms with Crippen LogP contribution in [0.4, 0.5) is 0 Å². The fourth-order valence-corrected chi connectivity index (χ4v) is 3.33. The van der Waals surface area contributed by atoms with Gasteiger partial charge in [-0.1, -0.05) is 36.8 Å². The molecule has 0 aromatic heterocycles. The number of hydrogen-bond acceptors (Lipinski definition) is 3. The molecule has 0 spiro atoms. The Morgan fingerprint density at radius 1 is 1.16 bits per heavy atom. The third-order valence-corrected chi connectivity index (χ3v) is 4.28. The maximum absolute atomic E-state index is 10.3. The standard InChI is InChI=1S/C16H25NO2/c1-12-7-6-8-13(2)17(12)16(15(19)11-18)14-9-4-3-5-10-14/h3-5,9-10,12-13,15-16,18-19H,6-8,11H2,1-2H3/t12-,13+,15-,16+/m0/s1. The molecule has 0 radical (unpaired) electrons. The SMILES string of the molecule is C[C@@H]1CCC[C@H](C)N1[C@H](c1ccccc1)[C@@H](O)CO. The molecule has 1 fully saturated rings. The minimum atomic E-state index is -0.731. The monoisotopic (exact) mass is 263 g/mol. The molecule has 106 valence electrons. The molecule has 1 aliphatic heterocycles. The highest BCUT2D eigenvalue weighted by Gasteiger charge is 2.35. The molecule has 19 heavy (non-hydrogen) atoms. The number of rotatable bonds is 4. The summed E-state index contributed by atoms with van der Waals surface area (Å²) in [6.45, 7) is 4.24. The number of hydrogen-bond donors (Lipinski definition) is 2. The van der Waals surface area contributed by atoms with Crippen LogP contribution < -0.4 is 0 Å². The van der Waals surface area contributed by atoms with Crippen molar-refractivity contribution in [2.45, 2.75) is 57.3 Å². The number of benzene rings is 1. The Morgan fingerprint density at radius 2 is 1.74 bits per heavy atom. The van der Waals surface area contributed by atoms with Gasteiger partial charge in [0, 0.05) is 12.1 Å². The molecule has 2 N–H and O–H groups in total. The zero-order chi connectivity index (χ0) is 13.8. The fourth-order valence-electron chi connectivity index (χ4n) is 3.33. The van der Waals surface area contributed by atoms with Gasteiger partial charge in [0.05, 0.1) is 18.8 Å². The van der Waals surface area contributed by atoms with E-state index in [2.05, 4.69) is 18.7 Å². The molecule has 3 nitrogen and oxygen atoms in total. The molecule has 3 heteroatoms. The van der Waals surface area contributed by atoms with Crippen molar-refractivity contribution in [2.24, 2.45) is 0 Å². The van der Waals surface area contributed by atoms with Crippen LogP contribution in [-0.4, -0.2) is 39.9 Å². The molecule has 1 aliphatic rings. The molecule has 1 aromatic carbocycles. The van der Waals surface area contributed by atoms with Crippen LogP contribution >= 0.6 is 0 Å². The van der Waals surface area contributed by atoms with Gasteiger partial charge in [0.1, 0.15) is 0 Å². The van der Waals surface area contributed by atoms with Gasteiger partial charge in [-0.3, -0.25) is 4.90 Å². The lowest BCUT2D eigenvalue weighted by Gasteiger charge is -2.45. The van der Waals surface area contributed by atoms with Crippen LogP contribution in [0.5, 0.6) is 0 Å². The van der Waals surface area contributed by atoms with Crippen LogP contribution in [0.15, 0.2) is 30.3 Å². The molecule has 0 bridgehead atoms. The van der Waals surface area contributed by atoms with Crippen molar-refractivity contribution in [3.8, 4) is 0 Å². The maximum Gasteiger partial charge on any atom is 0.0967 e. The lowest BCUT2D eigenvalue weighted by molar-refractivity contribution is -0.0375. The molecule has 0 unspecified atom stereocenters. The Morgan fingerprint density at radius 3 is 2.26 bits per heavy atom. The summed E-state index contributed by atoms with van der Waals surface area (Å²) in [5, 5.41) is 19.7. The maximum atomic E-state index is 10.3. The first kappa shape index (κ1) is 14.5. The van der Waals surface area contributed by atoms with Crippen LogP contribution in [0, 0.1) is 0 Å². The van der Waals surface area contributed by atoms with Crippen LogP contribution in [0.2, 0.25) is 0 Å². The molecular formula is C16H25NO2. The lowest BCUT2D eigenvalue weighted by atomic mass is 9.90. The molecule has 0 amide bonds. The Balaban J connectivity index is 2.31. The van der Waals surface area contributed by atoms with E-state index in [4.69, 9.17) is 0 Å². The van der Waals surface area contributed by atoms with Gasteiger partial charge < -0.3 is 10.2 Å². The second-order valence-corrected chi connectivity index (χ2v) is 5.68. The van der Waals surface area contributed by atoms with Crippen LogP contribution in [0.25, 0.3) is 0 Å². The molecule has 4 atom stereocenters. The normalized spacial score (nSPS) is 28.0. The molecule has 0 aliphatic carbocycles. The van der Waals surface area contributed by atoms with Crippen molar-refractivity contribution in [2.75, 3.05) is 6.61 Å². The number of aliphatic hydroxyl groups is 2. The summed E-state index contributed by atoms with van der Waals surface area (Å²) in [6.07, 6.45) is 2.83. The van der Waals surface area contributed by atoms with E-state index in [0.29, 0.717) is 12.1 Å². The third kappa shape index (κ3) is 3.16. The van der Waals surface area contributed by atoms with Crippen molar-refractivity contribution in [3.05, 3.63) is 35.9 Å². The van der Waals surface area contributed by atoms with E-state index >= 15 is 0 Å². The molecule has 1 heterocycles. The molecule has 1 saturated heterocycles. The fraction of sp³-hybridized carbons (Fsp3) is 0.625. The number of piperidine rings is 1.